The molecule has 2 rings (SSSR count). The second-order valence-electron chi connectivity index (χ2n) is 3.92. The molecule has 2 aromatic carbocycles. The Morgan fingerprint density at radius 1 is 1.16 bits per heavy atom. The van der Waals surface area contributed by atoms with Crippen molar-refractivity contribution in [2.75, 3.05) is 0 Å². The fourth-order valence-electron chi connectivity index (χ4n) is 1.62. The smallest absolute Gasteiger partial charge is 0.337 e. The summed E-state index contributed by atoms with van der Waals surface area (Å²) >= 11 is 5.78. The van der Waals surface area contributed by atoms with Crippen molar-refractivity contribution < 1.29 is 14.1 Å². The molecule has 0 heterocycles. The van der Waals surface area contributed by atoms with Crippen LogP contribution in [0.1, 0.15) is 15.9 Å². The first-order chi connectivity index (χ1) is 9.08. The largest absolute Gasteiger partial charge is 0.478 e. The maximum Gasteiger partial charge on any atom is 0.337 e. The van der Waals surface area contributed by atoms with Gasteiger partial charge in [0.15, 0.2) is 0 Å². The Morgan fingerprint density at radius 3 is 2.47 bits per heavy atom. The number of hydrogen-bond acceptors (Lipinski definition) is 2. The third-order valence-corrected chi connectivity index (χ3v) is 4.28. The zero-order valence-corrected chi connectivity index (χ0v) is 11.4. The number of hydrogen-bond donors (Lipinski definition) is 1. The molecule has 1 atom stereocenters. The summed E-state index contributed by atoms with van der Waals surface area (Å²) in [7, 11) is -1.29. The predicted molar refractivity (Wildman–Crippen MR) is 75.0 cm³/mol. The molecule has 2 aromatic rings. The van der Waals surface area contributed by atoms with Gasteiger partial charge in [0.05, 0.1) is 27.1 Å². The zero-order chi connectivity index (χ0) is 13.8. The SMILES string of the molecule is O=C(O)c1cc(S(=O)Cc2ccccc2)ccc1Cl. The van der Waals surface area contributed by atoms with Gasteiger partial charge >= 0.3 is 5.97 Å². The van der Waals surface area contributed by atoms with E-state index in [9.17, 15) is 9.00 Å². The number of rotatable bonds is 4. The summed E-state index contributed by atoms with van der Waals surface area (Å²) in [5, 5.41) is 9.12. The van der Waals surface area contributed by atoms with Gasteiger partial charge in [0.25, 0.3) is 0 Å². The lowest BCUT2D eigenvalue weighted by atomic mass is 10.2. The Morgan fingerprint density at radius 2 is 1.84 bits per heavy atom. The van der Waals surface area contributed by atoms with Crippen molar-refractivity contribution in [1.29, 1.82) is 0 Å². The third kappa shape index (κ3) is 3.43. The van der Waals surface area contributed by atoms with Crippen molar-refractivity contribution in [1.82, 2.24) is 0 Å². The Hall–Kier alpha value is -1.65. The molecule has 0 bridgehead atoms. The molecule has 0 aromatic heterocycles. The van der Waals surface area contributed by atoms with Gasteiger partial charge in [-0.15, -0.1) is 0 Å². The highest BCUT2D eigenvalue weighted by Gasteiger charge is 2.12. The van der Waals surface area contributed by atoms with Crippen LogP contribution in [0.2, 0.25) is 5.02 Å². The molecule has 1 unspecified atom stereocenters. The fourth-order valence-corrected chi connectivity index (χ4v) is 2.95. The van der Waals surface area contributed by atoms with Gasteiger partial charge in [-0.1, -0.05) is 41.9 Å². The average Bonchev–Trinajstić information content (AvgIpc) is 2.40. The van der Waals surface area contributed by atoms with E-state index in [0.717, 1.165) is 5.56 Å². The summed E-state index contributed by atoms with van der Waals surface area (Å²) in [6, 6.07) is 13.8. The first-order valence-electron chi connectivity index (χ1n) is 5.53. The van der Waals surface area contributed by atoms with Crippen LogP contribution in [0.3, 0.4) is 0 Å². The monoisotopic (exact) mass is 294 g/mol. The summed E-state index contributed by atoms with van der Waals surface area (Å²) in [5.41, 5.74) is 0.910. The lowest BCUT2D eigenvalue weighted by molar-refractivity contribution is 0.0697. The molecular formula is C14H11ClO3S. The van der Waals surface area contributed by atoms with Crippen LogP contribution in [0, 0.1) is 0 Å². The molecule has 0 amide bonds. The topological polar surface area (TPSA) is 54.4 Å². The molecule has 0 radical (unpaired) electrons. The van der Waals surface area contributed by atoms with Gasteiger partial charge in [-0.2, -0.15) is 0 Å². The maximum atomic E-state index is 12.2. The molecular weight excluding hydrogens is 284 g/mol. The van der Waals surface area contributed by atoms with Gasteiger partial charge in [-0.05, 0) is 23.8 Å². The van der Waals surface area contributed by atoms with Gasteiger partial charge < -0.3 is 5.11 Å². The maximum absolute atomic E-state index is 12.2. The number of carboxylic acids is 1. The molecule has 0 aliphatic heterocycles. The third-order valence-electron chi connectivity index (χ3n) is 2.57. The van der Waals surface area contributed by atoms with Crippen LogP contribution in [-0.2, 0) is 16.6 Å². The quantitative estimate of drug-likeness (QED) is 0.941. The van der Waals surface area contributed by atoms with Crippen LogP contribution < -0.4 is 0 Å². The molecule has 3 nitrogen and oxygen atoms in total. The van der Waals surface area contributed by atoms with Gasteiger partial charge in [0.2, 0.25) is 0 Å². The summed E-state index contributed by atoms with van der Waals surface area (Å²) in [6.45, 7) is 0. The van der Waals surface area contributed by atoms with Crippen molar-refractivity contribution in [2.45, 2.75) is 10.6 Å². The highest BCUT2D eigenvalue weighted by molar-refractivity contribution is 7.84. The van der Waals surface area contributed by atoms with E-state index in [0.29, 0.717) is 10.6 Å². The van der Waals surface area contributed by atoms with E-state index < -0.39 is 16.8 Å². The van der Waals surface area contributed by atoms with E-state index >= 15 is 0 Å². The van der Waals surface area contributed by atoms with Crippen LogP contribution in [0.5, 0.6) is 0 Å². The Bertz CT molecular complexity index is 626. The van der Waals surface area contributed by atoms with Crippen molar-refractivity contribution in [3.05, 3.63) is 64.7 Å². The number of carboxylic acid groups (broad SMARTS) is 1. The van der Waals surface area contributed by atoms with Crippen LogP contribution in [-0.4, -0.2) is 15.3 Å². The Labute approximate surface area is 118 Å². The summed E-state index contributed by atoms with van der Waals surface area (Å²) in [5.74, 6) is -0.773. The lowest BCUT2D eigenvalue weighted by Crippen LogP contribution is -2.01. The van der Waals surface area contributed by atoms with E-state index in [-0.39, 0.29) is 10.6 Å². The highest BCUT2D eigenvalue weighted by Crippen LogP contribution is 2.21. The molecule has 0 saturated heterocycles. The van der Waals surface area contributed by atoms with Gasteiger partial charge in [-0.3, -0.25) is 4.21 Å². The van der Waals surface area contributed by atoms with Crippen molar-refractivity contribution in [3.63, 3.8) is 0 Å². The molecule has 19 heavy (non-hydrogen) atoms. The molecule has 5 heteroatoms. The van der Waals surface area contributed by atoms with Gasteiger partial charge in [0, 0.05) is 4.90 Å². The predicted octanol–water partition coefficient (Wildman–Crippen LogP) is 3.35. The number of benzene rings is 2. The Kier molecular flexibility index (Phi) is 4.35. The average molecular weight is 295 g/mol. The van der Waals surface area contributed by atoms with Crippen molar-refractivity contribution in [2.24, 2.45) is 0 Å². The normalized spacial score (nSPS) is 12.1. The van der Waals surface area contributed by atoms with Crippen LogP contribution in [0.4, 0.5) is 0 Å². The van der Waals surface area contributed by atoms with E-state index in [4.69, 9.17) is 16.7 Å². The number of carbonyl (C=O) groups is 1. The van der Waals surface area contributed by atoms with Gasteiger partial charge in [0.1, 0.15) is 0 Å². The second kappa shape index (κ2) is 5.99. The van der Waals surface area contributed by atoms with Crippen LogP contribution in [0.15, 0.2) is 53.4 Å². The summed E-state index contributed by atoms with van der Waals surface area (Å²) in [6.07, 6.45) is 0. The summed E-state index contributed by atoms with van der Waals surface area (Å²) < 4.78 is 12.2. The molecule has 98 valence electrons. The molecule has 0 aliphatic carbocycles. The van der Waals surface area contributed by atoms with E-state index in [2.05, 4.69) is 0 Å². The van der Waals surface area contributed by atoms with Gasteiger partial charge in [-0.25, -0.2) is 4.79 Å². The van der Waals surface area contributed by atoms with E-state index in [1.807, 2.05) is 30.3 Å². The molecule has 0 saturated carbocycles. The molecule has 0 fully saturated rings. The molecule has 1 N–H and O–H groups in total. The molecule has 0 aliphatic rings. The lowest BCUT2D eigenvalue weighted by Gasteiger charge is -2.05. The van der Waals surface area contributed by atoms with Crippen molar-refractivity contribution >= 4 is 28.4 Å². The van der Waals surface area contributed by atoms with Crippen LogP contribution >= 0.6 is 11.6 Å². The highest BCUT2D eigenvalue weighted by atomic mass is 35.5. The van der Waals surface area contributed by atoms with E-state index in [1.54, 1.807) is 6.07 Å². The second-order valence-corrected chi connectivity index (χ2v) is 5.78. The first kappa shape index (κ1) is 13.8. The zero-order valence-electron chi connectivity index (χ0n) is 9.88. The standard InChI is InChI=1S/C14H11ClO3S/c15-13-7-6-11(8-12(13)14(16)17)19(18)9-10-4-2-1-3-5-10/h1-8H,9H2,(H,16,17). The number of halogens is 1. The van der Waals surface area contributed by atoms with E-state index in [1.165, 1.54) is 12.1 Å². The van der Waals surface area contributed by atoms with Crippen LogP contribution in [0.25, 0.3) is 0 Å². The Balaban J connectivity index is 2.25. The first-order valence-corrected chi connectivity index (χ1v) is 7.23. The van der Waals surface area contributed by atoms with Crippen molar-refractivity contribution in [3.8, 4) is 0 Å². The summed E-state index contributed by atoms with van der Waals surface area (Å²) in [4.78, 5) is 11.4. The number of aromatic carboxylic acids is 1. The minimum Gasteiger partial charge on any atom is -0.478 e. The minimum absolute atomic E-state index is 0.0272. The fraction of sp³-hybridized carbons (Fsp3) is 0.0714. The molecule has 0 spiro atoms. The minimum atomic E-state index is -1.29.